The number of nitrogens with one attached hydrogen (secondary N) is 2. The highest BCUT2D eigenvalue weighted by Gasteiger charge is 2.06. The van der Waals surface area contributed by atoms with Gasteiger partial charge < -0.3 is 19.8 Å². The fraction of sp³-hybridized carbons (Fsp3) is 0.579. The maximum Gasteiger partial charge on any atom is 0.191 e. The lowest BCUT2D eigenvalue weighted by Gasteiger charge is -2.10. The van der Waals surface area contributed by atoms with Crippen LogP contribution in [0, 0.1) is 0 Å². The quantitative estimate of drug-likeness (QED) is 0.355. The fourth-order valence-corrected chi connectivity index (χ4v) is 3.15. The molecule has 7 heteroatoms. The molecule has 0 bridgehead atoms. The average molecular weight is 379 g/mol. The van der Waals surface area contributed by atoms with E-state index in [4.69, 9.17) is 9.15 Å². The summed E-state index contributed by atoms with van der Waals surface area (Å²) in [4.78, 5) is 9.25. The van der Waals surface area contributed by atoms with Crippen LogP contribution in [-0.4, -0.2) is 37.2 Å². The number of hydrogen-bond acceptors (Lipinski definition) is 5. The largest absolute Gasteiger partial charge is 0.467 e. The predicted molar refractivity (Wildman–Crippen MR) is 107 cm³/mol. The van der Waals surface area contributed by atoms with E-state index in [1.165, 1.54) is 5.01 Å². The monoisotopic (exact) mass is 378 g/mol. The molecule has 0 saturated carbocycles. The number of guanidine groups is 1. The number of aromatic nitrogens is 1. The van der Waals surface area contributed by atoms with E-state index in [0.29, 0.717) is 19.1 Å². The van der Waals surface area contributed by atoms with Gasteiger partial charge in [-0.25, -0.2) is 4.98 Å². The van der Waals surface area contributed by atoms with Crippen molar-refractivity contribution in [1.29, 1.82) is 0 Å². The minimum atomic E-state index is 0.496. The number of aliphatic imine (C=N–C) groups is 1. The van der Waals surface area contributed by atoms with Crippen molar-refractivity contribution >= 4 is 17.3 Å². The Balaban J connectivity index is 1.63. The first-order valence-corrected chi connectivity index (χ1v) is 10.1. The van der Waals surface area contributed by atoms with E-state index >= 15 is 0 Å². The molecule has 0 aliphatic carbocycles. The van der Waals surface area contributed by atoms with Crippen LogP contribution in [-0.2, 0) is 17.8 Å². The van der Waals surface area contributed by atoms with Crippen molar-refractivity contribution in [2.45, 2.75) is 46.1 Å². The molecule has 2 heterocycles. The van der Waals surface area contributed by atoms with Crippen LogP contribution in [0.1, 0.15) is 49.6 Å². The average Bonchev–Trinajstić information content (AvgIpc) is 3.29. The van der Waals surface area contributed by atoms with Gasteiger partial charge in [0.15, 0.2) is 5.96 Å². The smallest absolute Gasteiger partial charge is 0.191 e. The Morgan fingerprint density at radius 3 is 2.96 bits per heavy atom. The highest BCUT2D eigenvalue weighted by Crippen LogP contribution is 2.19. The Kier molecular flexibility index (Phi) is 9.20. The maximum absolute atomic E-state index is 5.57. The van der Waals surface area contributed by atoms with E-state index in [1.807, 2.05) is 12.1 Å². The molecule has 0 atom stereocenters. The number of thiazole rings is 1. The molecule has 2 N–H and O–H groups in total. The Labute approximate surface area is 160 Å². The van der Waals surface area contributed by atoms with Gasteiger partial charge in [-0.2, -0.15) is 0 Å². The van der Waals surface area contributed by atoms with E-state index in [9.17, 15) is 0 Å². The highest BCUT2D eigenvalue weighted by atomic mass is 32.1. The number of ether oxygens (including phenoxy) is 1. The van der Waals surface area contributed by atoms with E-state index in [0.717, 1.165) is 49.9 Å². The summed E-state index contributed by atoms with van der Waals surface area (Å²) >= 11 is 1.74. The molecule has 2 rings (SSSR count). The van der Waals surface area contributed by atoms with Gasteiger partial charge in [-0.1, -0.05) is 13.8 Å². The molecular formula is C19H30N4O2S. The Morgan fingerprint density at radius 2 is 2.27 bits per heavy atom. The summed E-state index contributed by atoms with van der Waals surface area (Å²) in [6, 6.07) is 3.78. The maximum atomic E-state index is 5.57. The summed E-state index contributed by atoms with van der Waals surface area (Å²) < 4.78 is 10.8. The van der Waals surface area contributed by atoms with Crippen LogP contribution in [0.5, 0.6) is 0 Å². The van der Waals surface area contributed by atoms with Gasteiger partial charge >= 0.3 is 0 Å². The molecule has 144 valence electrons. The fourth-order valence-electron chi connectivity index (χ4n) is 2.28. The third-order valence-corrected chi connectivity index (χ3v) is 4.82. The molecule has 0 fully saturated rings. The summed E-state index contributed by atoms with van der Waals surface area (Å²) in [6.07, 6.45) is 3.44. The number of nitrogens with zero attached hydrogens (tertiary/aromatic N) is 2. The van der Waals surface area contributed by atoms with Crippen LogP contribution in [0.4, 0.5) is 0 Å². The molecule has 0 saturated heterocycles. The van der Waals surface area contributed by atoms with E-state index in [-0.39, 0.29) is 0 Å². The first-order valence-electron chi connectivity index (χ1n) is 9.25. The van der Waals surface area contributed by atoms with Gasteiger partial charge in [0.25, 0.3) is 0 Å². The van der Waals surface area contributed by atoms with Gasteiger partial charge in [-0.3, -0.25) is 4.99 Å². The molecule has 2 aromatic heterocycles. The molecule has 0 aliphatic rings. The lowest BCUT2D eigenvalue weighted by Crippen LogP contribution is -2.38. The molecule has 0 aliphatic heterocycles. The van der Waals surface area contributed by atoms with Gasteiger partial charge in [0.1, 0.15) is 12.4 Å². The van der Waals surface area contributed by atoms with E-state index in [2.05, 4.69) is 46.8 Å². The topological polar surface area (TPSA) is 71.7 Å². The zero-order valence-corrected chi connectivity index (χ0v) is 16.8. The molecule has 0 spiro atoms. The Bertz CT molecular complexity index is 638. The summed E-state index contributed by atoms with van der Waals surface area (Å²) in [6.45, 7) is 9.99. The highest BCUT2D eigenvalue weighted by molar-refractivity contribution is 7.09. The van der Waals surface area contributed by atoms with Gasteiger partial charge in [0.05, 0.1) is 17.0 Å². The minimum Gasteiger partial charge on any atom is -0.467 e. The summed E-state index contributed by atoms with van der Waals surface area (Å²) in [7, 11) is 0. The number of furan rings is 1. The van der Waals surface area contributed by atoms with Crippen LogP contribution in [0.25, 0.3) is 0 Å². The summed E-state index contributed by atoms with van der Waals surface area (Å²) in [5.41, 5.74) is 1.15. The first-order chi connectivity index (χ1) is 12.7. The van der Waals surface area contributed by atoms with Crippen molar-refractivity contribution in [3.05, 3.63) is 40.2 Å². The Morgan fingerprint density at radius 1 is 1.38 bits per heavy atom. The first kappa shape index (κ1) is 20.5. The molecule has 0 unspecified atom stereocenters. The van der Waals surface area contributed by atoms with Gasteiger partial charge in [-0.15, -0.1) is 11.3 Å². The summed E-state index contributed by atoms with van der Waals surface area (Å²) in [5, 5.41) is 9.99. The molecule has 0 radical (unpaired) electrons. The van der Waals surface area contributed by atoms with Crippen LogP contribution < -0.4 is 10.6 Å². The molecule has 26 heavy (non-hydrogen) atoms. The molecule has 0 amide bonds. The number of hydrogen-bond donors (Lipinski definition) is 2. The van der Waals surface area contributed by atoms with Gasteiger partial charge in [-0.05, 0) is 25.5 Å². The van der Waals surface area contributed by atoms with Crippen LogP contribution in [0.3, 0.4) is 0 Å². The second kappa shape index (κ2) is 11.7. The van der Waals surface area contributed by atoms with Crippen molar-refractivity contribution in [2.75, 3.05) is 26.2 Å². The third kappa shape index (κ3) is 7.58. The number of rotatable bonds is 11. The molecule has 2 aromatic rings. The summed E-state index contributed by atoms with van der Waals surface area (Å²) in [5.74, 6) is 2.19. The molecule has 0 aromatic carbocycles. The van der Waals surface area contributed by atoms with E-state index < -0.39 is 0 Å². The van der Waals surface area contributed by atoms with Crippen LogP contribution >= 0.6 is 11.3 Å². The standard InChI is InChI=1S/C19H30N4O2S/c1-4-20-19(21-9-6-11-24-13-17-7-5-12-25-17)22-10-8-16-14-26-18(23-16)15(2)3/h5,7,12,14-15H,4,6,8-11,13H2,1-3H3,(H2,20,21,22). The van der Waals surface area contributed by atoms with Crippen molar-refractivity contribution in [3.8, 4) is 0 Å². The Hall–Kier alpha value is -1.86. The second-order valence-electron chi connectivity index (χ2n) is 6.25. The van der Waals surface area contributed by atoms with Gasteiger partial charge in [0, 0.05) is 44.0 Å². The van der Waals surface area contributed by atoms with E-state index in [1.54, 1.807) is 17.6 Å². The molecule has 6 nitrogen and oxygen atoms in total. The molecular weight excluding hydrogens is 348 g/mol. The van der Waals surface area contributed by atoms with Crippen LogP contribution in [0.15, 0.2) is 33.2 Å². The van der Waals surface area contributed by atoms with Gasteiger partial charge in [0.2, 0.25) is 0 Å². The van der Waals surface area contributed by atoms with Crippen molar-refractivity contribution < 1.29 is 9.15 Å². The van der Waals surface area contributed by atoms with Crippen LogP contribution in [0.2, 0.25) is 0 Å². The SMILES string of the molecule is CCNC(=NCCCOCc1ccco1)NCCc1csc(C(C)C)n1. The minimum absolute atomic E-state index is 0.496. The van der Waals surface area contributed by atoms with Crippen molar-refractivity contribution in [3.63, 3.8) is 0 Å². The lowest BCUT2D eigenvalue weighted by atomic mass is 10.2. The van der Waals surface area contributed by atoms with Crippen molar-refractivity contribution in [2.24, 2.45) is 4.99 Å². The normalized spacial score (nSPS) is 11.9. The predicted octanol–water partition coefficient (Wildman–Crippen LogP) is 3.56. The zero-order chi connectivity index (χ0) is 18.6. The zero-order valence-electron chi connectivity index (χ0n) is 16.0. The lowest BCUT2D eigenvalue weighted by molar-refractivity contribution is 0.105. The van der Waals surface area contributed by atoms with Crippen molar-refractivity contribution in [1.82, 2.24) is 15.6 Å². The third-order valence-electron chi connectivity index (χ3n) is 3.62. The second-order valence-corrected chi connectivity index (χ2v) is 7.14.